The van der Waals surface area contributed by atoms with Gasteiger partial charge in [0.15, 0.2) is 0 Å². The average molecular weight is 364 g/mol. The van der Waals surface area contributed by atoms with E-state index in [1.165, 1.54) is 11.3 Å². The number of esters is 1. The van der Waals surface area contributed by atoms with Crippen molar-refractivity contribution in [3.63, 3.8) is 0 Å². The molecule has 6 nitrogen and oxygen atoms in total. The number of rotatable bonds is 4. The second-order valence-corrected chi connectivity index (χ2v) is 7.69. The molecule has 0 unspecified atom stereocenters. The normalized spacial score (nSPS) is 17.3. The monoisotopic (exact) mass is 364 g/mol. The summed E-state index contributed by atoms with van der Waals surface area (Å²) >= 11 is 1.40. The van der Waals surface area contributed by atoms with Gasteiger partial charge in [-0.25, -0.2) is 4.79 Å². The topological polar surface area (TPSA) is 75.7 Å². The number of hydrogen-bond acceptors (Lipinski definition) is 5. The molecule has 1 aliphatic carbocycles. The lowest BCUT2D eigenvalue weighted by atomic mass is 10.0. The van der Waals surface area contributed by atoms with Gasteiger partial charge >= 0.3 is 5.97 Å². The lowest BCUT2D eigenvalue weighted by Crippen LogP contribution is -2.34. The number of amides is 2. The molecule has 0 spiro atoms. The maximum atomic E-state index is 12.5. The van der Waals surface area contributed by atoms with Gasteiger partial charge in [-0.3, -0.25) is 9.59 Å². The first-order valence-corrected chi connectivity index (χ1v) is 9.71. The molecule has 2 aliphatic rings. The van der Waals surface area contributed by atoms with Gasteiger partial charge in [-0.2, -0.15) is 0 Å². The van der Waals surface area contributed by atoms with Crippen LogP contribution in [0.15, 0.2) is 0 Å². The minimum atomic E-state index is -0.391. The summed E-state index contributed by atoms with van der Waals surface area (Å²) in [6.45, 7) is 4.68. The van der Waals surface area contributed by atoms with Gasteiger partial charge in [-0.1, -0.05) is 12.8 Å². The second-order valence-electron chi connectivity index (χ2n) is 6.59. The molecule has 1 aliphatic heterocycles. The summed E-state index contributed by atoms with van der Waals surface area (Å²) in [6, 6.07) is 0. The SMILES string of the molecule is CCOC(=O)c1c(NC(=O)C2CCCC2)sc2c1CCN(C(C)=O)C2. The van der Waals surface area contributed by atoms with Crippen molar-refractivity contribution in [1.29, 1.82) is 0 Å². The molecule has 1 aromatic heterocycles. The average Bonchev–Trinajstić information content (AvgIpc) is 3.21. The van der Waals surface area contributed by atoms with E-state index in [1.54, 1.807) is 18.7 Å². The fourth-order valence-corrected chi connectivity index (χ4v) is 4.84. The first kappa shape index (κ1) is 17.9. The standard InChI is InChI=1S/C18H24N2O4S/c1-3-24-18(23)15-13-8-9-20(11(2)21)10-14(13)25-17(15)19-16(22)12-6-4-5-7-12/h12H,3-10H2,1-2H3,(H,19,22). The van der Waals surface area contributed by atoms with Crippen LogP contribution in [0.5, 0.6) is 0 Å². The molecule has 136 valence electrons. The molecule has 2 amide bonds. The molecule has 0 bridgehead atoms. The third-order valence-corrected chi connectivity index (χ3v) is 6.08. The Hall–Kier alpha value is -1.89. The Kier molecular flexibility index (Phi) is 5.42. The molecule has 0 radical (unpaired) electrons. The predicted octanol–water partition coefficient (Wildman–Crippen LogP) is 2.96. The number of anilines is 1. The minimum absolute atomic E-state index is 0.00919. The Morgan fingerprint density at radius 2 is 2.00 bits per heavy atom. The van der Waals surface area contributed by atoms with E-state index >= 15 is 0 Å². The van der Waals surface area contributed by atoms with Crippen molar-refractivity contribution in [2.24, 2.45) is 5.92 Å². The van der Waals surface area contributed by atoms with Crippen molar-refractivity contribution in [2.75, 3.05) is 18.5 Å². The summed E-state index contributed by atoms with van der Waals surface area (Å²) in [5.74, 6) is -0.348. The van der Waals surface area contributed by atoms with Crippen LogP contribution in [0.2, 0.25) is 0 Å². The van der Waals surface area contributed by atoms with Crippen molar-refractivity contribution in [3.05, 3.63) is 16.0 Å². The summed E-state index contributed by atoms with van der Waals surface area (Å²) in [4.78, 5) is 39.4. The molecular weight excluding hydrogens is 340 g/mol. The maximum absolute atomic E-state index is 12.5. The lowest BCUT2D eigenvalue weighted by molar-refractivity contribution is -0.129. The minimum Gasteiger partial charge on any atom is -0.462 e. The van der Waals surface area contributed by atoms with Gasteiger partial charge in [0.1, 0.15) is 5.00 Å². The van der Waals surface area contributed by atoms with Crippen molar-refractivity contribution in [2.45, 2.75) is 52.5 Å². The Morgan fingerprint density at radius 3 is 2.64 bits per heavy atom. The van der Waals surface area contributed by atoms with Gasteiger partial charge < -0.3 is 15.0 Å². The van der Waals surface area contributed by atoms with Crippen LogP contribution >= 0.6 is 11.3 Å². The van der Waals surface area contributed by atoms with E-state index in [4.69, 9.17) is 4.74 Å². The van der Waals surface area contributed by atoms with Gasteiger partial charge in [0.2, 0.25) is 11.8 Å². The van der Waals surface area contributed by atoms with Crippen LogP contribution in [0.4, 0.5) is 5.00 Å². The van der Waals surface area contributed by atoms with Crippen molar-refractivity contribution in [3.8, 4) is 0 Å². The van der Waals surface area contributed by atoms with Crippen molar-refractivity contribution in [1.82, 2.24) is 4.90 Å². The van der Waals surface area contributed by atoms with Crippen LogP contribution in [0.25, 0.3) is 0 Å². The summed E-state index contributed by atoms with van der Waals surface area (Å²) in [5, 5.41) is 3.54. The fourth-order valence-electron chi connectivity index (χ4n) is 3.58. The van der Waals surface area contributed by atoms with Gasteiger partial charge in [0.25, 0.3) is 0 Å². The molecule has 1 N–H and O–H groups in total. The van der Waals surface area contributed by atoms with Crippen LogP contribution in [-0.2, 0) is 27.3 Å². The molecule has 1 aromatic rings. The van der Waals surface area contributed by atoms with Crippen LogP contribution in [0.3, 0.4) is 0 Å². The highest BCUT2D eigenvalue weighted by Crippen LogP contribution is 2.38. The molecule has 25 heavy (non-hydrogen) atoms. The highest BCUT2D eigenvalue weighted by Gasteiger charge is 2.31. The van der Waals surface area contributed by atoms with Gasteiger partial charge in [0, 0.05) is 24.3 Å². The van der Waals surface area contributed by atoms with Gasteiger partial charge in [-0.15, -0.1) is 11.3 Å². The predicted molar refractivity (Wildman–Crippen MR) is 95.7 cm³/mol. The summed E-state index contributed by atoms with van der Waals surface area (Å²) in [5.41, 5.74) is 1.40. The first-order valence-electron chi connectivity index (χ1n) is 8.89. The molecule has 0 aromatic carbocycles. The molecule has 3 rings (SSSR count). The maximum Gasteiger partial charge on any atom is 0.341 e. The molecule has 1 fully saturated rings. The molecule has 0 saturated heterocycles. The molecule has 7 heteroatoms. The third-order valence-electron chi connectivity index (χ3n) is 4.94. The second kappa shape index (κ2) is 7.56. The lowest BCUT2D eigenvalue weighted by Gasteiger charge is -2.25. The number of nitrogens with zero attached hydrogens (tertiary/aromatic N) is 1. The van der Waals surface area contributed by atoms with Gasteiger partial charge in [0.05, 0.1) is 18.7 Å². The van der Waals surface area contributed by atoms with Crippen LogP contribution in [0.1, 0.15) is 60.3 Å². The summed E-state index contributed by atoms with van der Waals surface area (Å²) in [7, 11) is 0. The molecule has 0 atom stereocenters. The number of hydrogen-bond donors (Lipinski definition) is 1. The van der Waals surface area contributed by atoms with E-state index in [9.17, 15) is 14.4 Å². The van der Waals surface area contributed by atoms with E-state index in [0.29, 0.717) is 36.7 Å². The van der Waals surface area contributed by atoms with E-state index < -0.39 is 5.97 Å². The first-order chi connectivity index (χ1) is 12.0. The highest BCUT2D eigenvalue weighted by molar-refractivity contribution is 7.17. The zero-order chi connectivity index (χ0) is 18.0. The highest BCUT2D eigenvalue weighted by atomic mass is 32.1. The fraction of sp³-hybridized carbons (Fsp3) is 0.611. The Bertz CT molecular complexity index is 691. The van der Waals surface area contributed by atoms with E-state index in [1.807, 2.05) is 0 Å². The van der Waals surface area contributed by atoms with E-state index in [-0.39, 0.29) is 17.7 Å². The number of nitrogens with one attached hydrogen (secondary N) is 1. The van der Waals surface area contributed by atoms with Crippen molar-refractivity contribution >= 4 is 34.1 Å². The summed E-state index contributed by atoms with van der Waals surface area (Å²) in [6.07, 6.45) is 4.58. The number of fused-ring (bicyclic) bond motifs is 1. The zero-order valence-corrected chi connectivity index (χ0v) is 15.5. The Balaban J connectivity index is 1.89. The number of carbonyl (C=O) groups is 3. The van der Waals surface area contributed by atoms with Crippen LogP contribution in [0, 0.1) is 5.92 Å². The number of ether oxygens (including phenoxy) is 1. The zero-order valence-electron chi connectivity index (χ0n) is 14.7. The van der Waals surface area contributed by atoms with E-state index in [2.05, 4.69) is 5.32 Å². The van der Waals surface area contributed by atoms with Crippen LogP contribution in [-0.4, -0.2) is 35.8 Å². The molecular formula is C18H24N2O4S. The quantitative estimate of drug-likeness (QED) is 0.834. The molecule has 1 saturated carbocycles. The number of thiophene rings is 1. The molecule has 2 heterocycles. The third kappa shape index (κ3) is 3.71. The largest absolute Gasteiger partial charge is 0.462 e. The summed E-state index contributed by atoms with van der Waals surface area (Å²) < 4.78 is 5.21. The Labute approximate surface area is 151 Å². The van der Waals surface area contributed by atoms with Crippen molar-refractivity contribution < 1.29 is 19.1 Å². The smallest absolute Gasteiger partial charge is 0.341 e. The van der Waals surface area contributed by atoms with Gasteiger partial charge in [-0.05, 0) is 31.7 Å². The van der Waals surface area contributed by atoms with E-state index in [0.717, 1.165) is 36.1 Å². The Morgan fingerprint density at radius 1 is 1.28 bits per heavy atom. The van der Waals surface area contributed by atoms with Crippen LogP contribution < -0.4 is 5.32 Å². The number of carbonyl (C=O) groups excluding carboxylic acids is 3.